The van der Waals surface area contributed by atoms with Crippen molar-refractivity contribution in [1.82, 2.24) is 15.2 Å². The first-order valence-electron chi connectivity index (χ1n) is 4.18. The molecule has 1 amide bonds. The summed E-state index contributed by atoms with van der Waals surface area (Å²) in [6.07, 6.45) is 3.17. The molecule has 0 saturated carbocycles. The Morgan fingerprint density at radius 3 is 2.93 bits per heavy atom. The average molecular weight is 314 g/mol. The highest BCUT2D eigenvalue weighted by molar-refractivity contribution is 14.1. The minimum absolute atomic E-state index is 0.248. The minimum atomic E-state index is -0.248. The third-order valence-electron chi connectivity index (χ3n) is 1.71. The van der Waals surface area contributed by atoms with Crippen LogP contribution in [-0.2, 0) is 0 Å². The minimum Gasteiger partial charge on any atom is -0.305 e. The van der Waals surface area contributed by atoms with Gasteiger partial charge >= 0.3 is 0 Å². The molecule has 0 unspecified atom stereocenters. The lowest BCUT2D eigenvalue weighted by molar-refractivity contribution is 0.102. The highest BCUT2D eigenvalue weighted by Crippen LogP contribution is 2.09. The van der Waals surface area contributed by atoms with Crippen molar-refractivity contribution in [3.05, 3.63) is 39.9 Å². The van der Waals surface area contributed by atoms with Crippen LogP contribution in [0.15, 0.2) is 30.6 Å². The Kier molecular flexibility index (Phi) is 2.95. The van der Waals surface area contributed by atoms with Crippen LogP contribution >= 0.6 is 22.6 Å². The fourth-order valence-corrected chi connectivity index (χ4v) is 1.49. The molecule has 2 N–H and O–H groups in total. The number of nitrogens with zero attached hydrogens (tertiary/aromatic N) is 2. The third kappa shape index (κ3) is 2.52. The van der Waals surface area contributed by atoms with Crippen LogP contribution in [0.5, 0.6) is 0 Å². The maximum atomic E-state index is 11.6. The molecule has 6 heteroatoms. The second-order valence-electron chi connectivity index (χ2n) is 2.78. The summed E-state index contributed by atoms with van der Waals surface area (Å²) in [5.74, 6) is 0.281. The van der Waals surface area contributed by atoms with E-state index in [4.69, 9.17) is 0 Å². The largest absolute Gasteiger partial charge is 0.305 e. The van der Waals surface area contributed by atoms with E-state index in [0.29, 0.717) is 11.5 Å². The van der Waals surface area contributed by atoms with E-state index >= 15 is 0 Å². The summed E-state index contributed by atoms with van der Waals surface area (Å²) >= 11 is 2.15. The van der Waals surface area contributed by atoms with Gasteiger partial charge in [-0.15, -0.1) is 0 Å². The van der Waals surface area contributed by atoms with Crippen molar-refractivity contribution in [2.24, 2.45) is 0 Å². The van der Waals surface area contributed by atoms with E-state index in [0.717, 1.165) is 3.57 Å². The van der Waals surface area contributed by atoms with E-state index < -0.39 is 0 Å². The lowest BCUT2D eigenvalue weighted by Gasteiger charge is -2.01. The van der Waals surface area contributed by atoms with E-state index in [9.17, 15) is 4.79 Å². The maximum absolute atomic E-state index is 11.6. The molecule has 0 aliphatic rings. The number of carbonyl (C=O) groups is 1. The first-order chi connectivity index (χ1) is 7.25. The van der Waals surface area contributed by atoms with Gasteiger partial charge in [0, 0.05) is 16.0 Å². The number of H-pyrrole nitrogens is 1. The number of carbonyl (C=O) groups excluding carboxylic acids is 1. The molecule has 0 aliphatic heterocycles. The summed E-state index contributed by atoms with van der Waals surface area (Å²) in [5, 5.41) is 8.93. The van der Waals surface area contributed by atoms with Crippen LogP contribution in [0.4, 0.5) is 5.82 Å². The molecule has 0 spiro atoms. The molecule has 76 valence electrons. The van der Waals surface area contributed by atoms with Crippen LogP contribution in [-0.4, -0.2) is 21.1 Å². The Bertz CT molecular complexity index is 469. The molecule has 0 radical (unpaired) electrons. The number of pyridine rings is 1. The molecule has 0 saturated heterocycles. The summed E-state index contributed by atoms with van der Waals surface area (Å²) in [7, 11) is 0. The van der Waals surface area contributed by atoms with Crippen LogP contribution in [0.25, 0.3) is 0 Å². The van der Waals surface area contributed by atoms with Crippen molar-refractivity contribution in [2.75, 3.05) is 5.32 Å². The summed E-state index contributed by atoms with van der Waals surface area (Å²) in [6.45, 7) is 0. The highest BCUT2D eigenvalue weighted by Gasteiger charge is 2.07. The monoisotopic (exact) mass is 314 g/mol. The van der Waals surface area contributed by atoms with Crippen LogP contribution in [0, 0.1) is 3.57 Å². The number of anilines is 1. The summed E-state index contributed by atoms with van der Waals surface area (Å²) < 4.78 is 1.02. The lowest BCUT2D eigenvalue weighted by atomic mass is 10.4. The molecule has 0 aliphatic carbocycles. The Morgan fingerprint density at radius 1 is 1.40 bits per heavy atom. The van der Waals surface area contributed by atoms with E-state index in [1.165, 1.54) is 6.20 Å². The first kappa shape index (κ1) is 10.1. The molecule has 0 atom stereocenters. The fourth-order valence-electron chi connectivity index (χ4n) is 1.04. The van der Waals surface area contributed by atoms with Gasteiger partial charge in [-0.05, 0) is 40.8 Å². The Labute approximate surface area is 99.4 Å². The van der Waals surface area contributed by atoms with Crippen LogP contribution in [0.3, 0.4) is 0 Å². The molecule has 0 fully saturated rings. The Balaban J connectivity index is 2.13. The van der Waals surface area contributed by atoms with E-state index in [1.807, 2.05) is 6.07 Å². The van der Waals surface area contributed by atoms with Crippen molar-refractivity contribution in [3.8, 4) is 0 Å². The Morgan fingerprint density at radius 2 is 2.27 bits per heavy atom. The number of aromatic amines is 1. The zero-order chi connectivity index (χ0) is 10.7. The normalized spacial score (nSPS) is 9.93. The highest BCUT2D eigenvalue weighted by atomic mass is 127. The standard InChI is InChI=1S/C9H7IN4O/c10-6-1-3-11-8(5-6)13-9(15)7-2-4-12-14-7/h1-5H,(H,12,14)(H,11,13,15). The van der Waals surface area contributed by atoms with Crippen molar-refractivity contribution in [2.45, 2.75) is 0 Å². The molecule has 2 aromatic heterocycles. The van der Waals surface area contributed by atoms with Crippen LogP contribution < -0.4 is 5.32 Å². The predicted octanol–water partition coefficient (Wildman–Crippen LogP) is 1.66. The average Bonchev–Trinajstić information content (AvgIpc) is 2.70. The van der Waals surface area contributed by atoms with Crippen molar-refractivity contribution >= 4 is 34.3 Å². The number of halogens is 1. The zero-order valence-corrected chi connectivity index (χ0v) is 9.72. The van der Waals surface area contributed by atoms with Crippen molar-refractivity contribution in [1.29, 1.82) is 0 Å². The van der Waals surface area contributed by atoms with Gasteiger partial charge in [0.25, 0.3) is 5.91 Å². The number of amides is 1. The molecule has 2 rings (SSSR count). The van der Waals surface area contributed by atoms with Crippen LogP contribution in [0.1, 0.15) is 10.5 Å². The molecule has 0 aromatic carbocycles. The Hall–Kier alpha value is -1.44. The summed E-state index contributed by atoms with van der Waals surface area (Å²) in [6, 6.07) is 5.24. The predicted molar refractivity (Wildman–Crippen MR) is 63.5 cm³/mol. The second-order valence-corrected chi connectivity index (χ2v) is 4.03. The SMILES string of the molecule is O=C(Nc1cc(I)ccn1)c1ccn[nH]1. The fraction of sp³-hybridized carbons (Fsp3) is 0. The number of nitrogens with one attached hydrogen (secondary N) is 2. The number of rotatable bonds is 2. The van der Waals surface area contributed by atoms with Gasteiger partial charge < -0.3 is 5.32 Å². The molecule has 2 aromatic rings. The van der Waals surface area contributed by atoms with Gasteiger partial charge in [-0.3, -0.25) is 9.89 Å². The molecule has 2 heterocycles. The molecule has 5 nitrogen and oxygen atoms in total. The van der Waals surface area contributed by atoms with E-state index in [-0.39, 0.29) is 5.91 Å². The topological polar surface area (TPSA) is 70.7 Å². The van der Waals surface area contributed by atoms with E-state index in [1.54, 1.807) is 18.3 Å². The van der Waals surface area contributed by atoms with Crippen molar-refractivity contribution < 1.29 is 4.79 Å². The third-order valence-corrected chi connectivity index (χ3v) is 2.38. The lowest BCUT2D eigenvalue weighted by Crippen LogP contribution is -2.13. The maximum Gasteiger partial charge on any atom is 0.274 e. The van der Waals surface area contributed by atoms with Gasteiger partial charge in [-0.1, -0.05) is 0 Å². The van der Waals surface area contributed by atoms with Crippen molar-refractivity contribution in [3.63, 3.8) is 0 Å². The van der Waals surface area contributed by atoms with Crippen LogP contribution in [0.2, 0.25) is 0 Å². The van der Waals surface area contributed by atoms with Gasteiger partial charge in [0.2, 0.25) is 0 Å². The summed E-state index contributed by atoms with van der Waals surface area (Å²) in [5.41, 5.74) is 0.413. The summed E-state index contributed by atoms with van der Waals surface area (Å²) in [4.78, 5) is 15.6. The molecular formula is C9H7IN4O. The number of hydrogen-bond acceptors (Lipinski definition) is 3. The van der Waals surface area contributed by atoms with Gasteiger partial charge in [-0.25, -0.2) is 4.98 Å². The smallest absolute Gasteiger partial charge is 0.274 e. The van der Waals surface area contributed by atoms with E-state index in [2.05, 4.69) is 43.1 Å². The molecule has 0 bridgehead atoms. The number of hydrogen-bond donors (Lipinski definition) is 2. The molecule has 15 heavy (non-hydrogen) atoms. The zero-order valence-electron chi connectivity index (χ0n) is 7.57. The van der Waals surface area contributed by atoms with Gasteiger partial charge in [-0.2, -0.15) is 5.10 Å². The van der Waals surface area contributed by atoms with Gasteiger partial charge in [0.15, 0.2) is 0 Å². The number of aromatic nitrogens is 3. The first-order valence-corrected chi connectivity index (χ1v) is 5.26. The van der Waals surface area contributed by atoms with Gasteiger partial charge in [0.1, 0.15) is 11.5 Å². The second kappa shape index (κ2) is 4.39. The van der Waals surface area contributed by atoms with Gasteiger partial charge in [0.05, 0.1) is 0 Å². The molecular weight excluding hydrogens is 307 g/mol. The quantitative estimate of drug-likeness (QED) is 0.828.